The van der Waals surface area contributed by atoms with Crippen molar-refractivity contribution >= 4 is 23.7 Å². The zero-order valence-electron chi connectivity index (χ0n) is 14.8. The molecule has 5 heteroatoms. The fourth-order valence-electron chi connectivity index (χ4n) is 3.20. The lowest BCUT2D eigenvalue weighted by molar-refractivity contribution is -0.109. The maximum atomic E-state index is 13.4. The van der Waals surface area contributed by atoms with Gasteiger partial charge in [-0.25, -0.2) is 4.39 Å². The molecule has 0 fully saturated rings. The van der Waals surface area contributed by atoms with E-state index in [1.807, 2.05) is 30.3 Å². The maximum absolute atomic E-state index is 13.4. The molecule has 28 heavy (non-hydrogen) atoms. The molecule has 3 aromatic carbocycles. The second-order valence-corrected chi connectivity index (χ2v) is 6.40. The molecule has 1 amide bonds. The van der Waals surface area contributed by atoms with Crippen LogP contribution in [0.15, 0.2) is 71.1 Å². The third kappa shape index (κ3) is 3.42. The molecule has 4 aromatic rings. The van der Waals surface area contributed by atoms with Crippen molar-refractivity contribution < 1.29 is 18.4 Å². The average molecular weight is 373 g/mol. The Morgan fingerprint density at radius 2 is 1.57 bits per heavy atom. The average Bonchev–Trinajstić information content (AvgIpc) is 3.15. The Hall–Kier alpha value is -3.73. The second kappa shape index (κ2) is 7.48. The van der Waals surface area contributed by atoms with Crippen LogP contribution in [0, 0.1) is 5.82 Å². The van der Waals surface area contributed by atoms with Crippen LogP contribution in [0.3, 0.4) is 0 Å². The molecule has 1 aromatic heterocycles. The van der Waals surface area contributed by atoms with E-state index in [9.17, 15) is 14.0 Å². The zero-order chi connectivity index (χ0) is 19.5. The molecule has 4 nitrogen and oxygen atoms in total. The summed E-state index contributed by atoms with van der Waals surface area (Å²) < 4.78 is 19.3. The Balaban J connectivity index is 1.89. The van der Waals surface area contributed by atoms with Crippen molar-refractivity contribution in [2.75, 3.05) is 0 Å². The first-order valence-corrected chi connectivity index (χ1v) is 8.73. The Morgan fingerprint density at radius 3 is 2.25 bits per heavy atom. The summed E-state index contributed by atoms with van der Waals surface area (Å²) in [6, 6.07) is 19.4. The number of rotatable bonds is 6. The largest absolute Gasteiger partial charge is 0.459 e. The summed E-state index contributed by atoms with van der Waals surface area (Å²) >= 11 is 0. The van der Waals surface area contributed by atoms with Crippen molar-refractivity contribution in [3.05, 3.63) is 83.9 Å². The summed E-state index contributed by atoms with van der Waals surface area (Å²) in [6.07, 6.45) is 1.42. The van der Waals surface area contributed by atoms with E-state index < -0.39 is 0 Å². The Morgan fingerprint density at radius 1 is 0.857 bits per heavy atom. The van der Waals surface area contributed by atoms with E-state index in [2.05, 4.69) is 5.32 Å². The summed E-state index contributed by atoms with van der Waals surface area (Å²) in [6.45, 7) is 0.282. The summed E-state index contributed by atoms with van der Waals surface area (Å²) in [5, 5.41) is 3.47. The fraction of sp³-hybridized carbons (Fsp3) is 0.0435. The van der Waals surface area contributed by atoms with E-state index in [-0.39, 0.29) is 12.4 Å². The first-order chi connectivity index (χ1) is 13.7. The van der Waals surface area contributed by atoms with Gasteiger partial charge < -0.3 is 9.73 Å². The van der Waals surface area contributed by atoms with Crippen molar-refractivity contribution in [3.8, 4) is 22.3 Å². The van der Waals surface area contributed by atoms with Crippen LogP contribution in [0.4, 0.5) is 4.39 Å². The van der Waals surface area contributed by atoms with Gasteiger partial charge in [0.15, 0.2) is 0 Å². The summed E-state index contributed by atoms with van der Waals surface area (Å²) in [7, 11) is 0. The van der Waals surface area contributed by atoms with Gasteiger partial charge >= 0.3 is 0 Å². The van der Waals surface area contributed by atoms with Crippen molar-refractivity contribution in [1.82, 2.24) is 5.32 Å². The molecule has 0 aliphatic heterocycles. The van der Waals surface area contributed by atoms with Crippen LogP contribution in [0.5, 0.6) is 0 Å². The molecule has 4 rings (SSSR count). The monoisotopic (exact) mass is 373 g/mol. The minimum Gasteiger partial charge on any atom is -0.459 e. The minimum absolute atomic E-state index is 0.282. The molecule has 0 saturated heterocycles. The molecular formula is C23H16FNO3. The van der Waals surface area contributed by atoms with Gasteiger partial charge in [0.05, 0.1) is 6.54 Å². The third-order valence-electron chi connectivity index (χ3n) is 4.56. The van der Waals surface area contributed by atoms with Crippen molar-refractivity contribution in [2.24, 2.45) is 0 Å². The number of furan rings is 1. The number of hydrogen-bond donors (Lipinski definition) is 1. The van der Waals surface area contributed by atoms with Gasteiger partial charge in [-0.1, -0.05) is 36.4 Å². The molecule has 0 radical (unpaired) electrons. The predicted octanol–water partition coefficient (Wildman–Crippen LogP) is 4.96. The first-order valence-electron chi connectivity index (χ1n) is 8.73. The van der Waals surface area contributed by atoms with Gasteiger partial charge in [0.25, 0.3) is 0 Å². The van der Waals surface area contributed by atoms with Crippen LogP contribution >= 0.6 is 0 Å². The van der Waals surface area contributed by atoms with Gasteiger partial charge in [-0.05, 0) is 47.0 Å². The van der Waals surface area contributed by atoms with Crippen LogP contribution in [-0.2, 0) is 11.3 Å². The lowest BCUT2D eigenvalue weighted by Crippen LogP contribution is -2.08. The van der Waals surface area contributed by atoms with Gasteiger partial charge in [0, 0.05) is 16.5 Å². The number of fused-ring (bicyclic) bond motifs is 1. The van der Waals surface area contributed by atoms with Gasteiger partial charge in [-0.2, -0.15) is 0 Å². The normalized spacial score (nSPS) is 10.8. The molecule has 138 valence electrons. The quantitative estimate of drug-likeness (QED) is 0.486. The SMILES string of the molecule is O=CNCc1cc2cc(-c3ccc(C=O)cc3)cc(-c3ccc(F)cc3)c2o1. The number of halogens is 1. The number of aldehydes is 1. The molecule has 0 spiro atoms. The van der Waals surface area contributed by atoms with E-state index in [0.717, 1.165) is 33.9 Å². The van der Waals surface area contributed by atoms with E-state index in [4.69, 9.17) is 4.42 Å². The second-order valence-electron chi connectivity index (χ2n) is 6.40. The van der Waals surface area contributed by atoms with E-state index in [1.54, 1.807) is 24.3 Å². The van der Waals surface area contributed by atoms with Gasteiger partial charge in [-0.15, -0.1) is 0 Å². The number of carbonyl (C=O) groups excluding carboxylic acids is 2. The van der Waals surface area contributed by atoms with Crippen LogP contribution < -0.4 is 5.32 Å². The fourth-order valence-corrected chi connectivity index (χ4v) is 3.20. The van der Waals surface area contributed by atoms with Crippen molar-refractivity contribution in [2.45, 2.75) is 6.54 Å². The molecule has 0 aliphatic rings. The number of nitrogens with one attached hydrogen (secondary N) is 1. The van der Waals surface area contributed by atoms with Gasteiger partial charge in [0.1, 0.15) is 23.4 Å². The summed E-state index contributed by atoms with van der Waals surface area (Å²) in [5.41, 5.74) is 4.81. The Labute approximate surface area is 160 Å². The Bertz CT molecular complexity index is 1150. The molecule has 0 saturated carbocycles. The lowest BCUT2D eigenvalue weighted by Gasteiger charge is -2.08. The standard InChI is InChI=1S/C23H16FNO3/c24-20-7-5-17(6-8-20)22-11-18(16-3-1-15(13-26)2-4-16)9-19-10-21(12-25-14-27)28-23(19)22/h1-11,13-14H,12H2,(H,25,27). The van der Waals surface area contributed by atoms with Crippen LogP contribution in [0.1, 0.15) is 16.1 Å². The number of hydrogen-bond acceptors (Lipinski definition) is 3. The molecule has 1 heterocycles. The number of benzene rings is 3. The van der Waals surface area contributed by atoms with E-state index in [1.165, 1.54) is 12.1 Å². The minimum atomic E-state index is -0.309. The van der Waals surface area contributed by atoms with Crippen LogP contribution in [0.2, 0.25) is 0 Å². The number of amides is 1. The smallest absolute Gasteiger partial charge is 0.207 e. The molecular weight excluding hydrogens is 357 g/mol. The van der Waals surface area contributed by atoms with Gasteiger partial charge in [-0.3, -0.25) is 9.59 Å². The van der Waals surface area contributed by atoms with Crippen LogP contribution in [0.25, 0.3) is 33.2 Å². The first kappa shape index (κ1) is 17.7. The van der Waals surface area contributed by atoms with E-state index in [0.29, 0.717) is 23.3 Å². The topological polar surface area (TPSA) is 59.3 Å². The summed E-state index contributed by atoms with van der Waals surface area (Å²) in [5.74, 6) is 0.315. The highest BCUT2D eigenvalue weighted by atomic mass is 19.1. The highest BCUT2D eigenvalue weighted by Crippen LogP contribution is 2.36. The third-order valence-corrected chi connectivity index (χ3v) is 4.56. The Kier molecular flexibility index (Phi) is 4.72. The number of carbonyl (C=O) groups is 2. The lowest BCUT2D eigenvalue weighted by atomic mass is 9.96. The van der Waals surface area contributed by atoms with Gasteiger partial charge in [0.2, 0.25) is 6.41 Å². The van der Waals surface area contributed by atoms with Crippen molar-refractivity contribution in [1.29, 1.82) is 0 Å². The van der Waals surface area contributed by atoms with Crippen LogP contribution in [-0.4, -0.2) is 12.7 Å². The highest BCUT2D eigenvalue weighted by molar-refractivity contribution is 5.97. The highest BCUT2D eigenvalue weighted by Gasteiger charge is 2.13. The molecule has 0 aliphatic carbocycles. The van der Waals surface area contributed by atoms with Crippen molar-refractivity contribution in [3.63, 3.8) is 0 Å². The summed E-state index contributed by atoms with van der Waals surface area (Å²) in [4.78, 5) is 21.5. The molecule has 1 N–H and O–H groups in total. The zero-order valence-corrected chi connectivity index (χ0v) is 14.8. The predicted molar refractivity (Wildman–Crippen MR) is 105 cm³/mol. The maximum Gasteiger partial charge on any atom is 0.207 e. The molecule has 0 unspecified atom stereocenters. The molecule has 0 bridgehead atoms. The molecule has 0 atom stereocenters. The van der Waals surface area contributed by atoms with E-state index >= 15 is 0 Å².